The van der Waals surface area contributed by atoms with Gasteiger partial charge in [0.25, 0.3) is 0 Å². The first-order chi connectivity index (χ1) is 12.1. The zero-order valence-corrected chi connectivity index (χ0v) is 16.6. The standard InChI is InChI=1S/C21H25Cl3O/c22-19-9-3-7-17(14-19)6-1-4-16(12-13-25)5-2-8-18-10-11-20(23)15-21(18)24/h3,7,9-11,14-16,25H,1-2,4-6,8,12-13H2. The Labute approximate surface area is 165 Å². The zero-order valence-electron chi connectivity index (χ0n) is 14.4. The second kappa shape index (κ2) is 11.1. The SMILES string of the molecule is OCCC(CCCc1cccc(Cl)c1)CCCc1ccc(Cl)cc1Cl. The summed E-state index contributed by atoms with van der Waals surface area (Å²) in [7, 11) is 0. The highest BCUT2D eigenvalue weighted by atomic mass is 35.5. The Kier molecular flexibility index (Phi) is 9.12. The van der Waals surface area contributed by atoms with E-state index in [4.69, 9.17) is 34.8 Å². The molecule has 136 valence electrons. The van der Waals surface area contributed by atoms with E-state index in [-0.39, 0.29) is 6.61 Å². The molecule has 2 aromatic rings. The number of rotatable bonds is 10. The maximum absolute atomic E-state index is 9.33. The lowest BCUT2D eigenvalue weighted by molar-refractivity contribution is 0.243. The highest BCUT2D eigenvalue weighted by Crippen LogP contribution is 2.25. The molecule has 2 rings (SSSR count). The van der Waals surface area contributed by atoms with Gasteiger partial charge in [-0.15, -0.1) is 0 Å². The van der Waals surface area contributed by atoms with Crippen LogP contribution in [-0.2, 0) is 12.8 Å². The Morgan fingerprint density at radius 3 is 2.20 bits per heavy atom. The average molecular weight is 400 g/mol. The summed E-state index contributed by atoms with van der Waals surface area (Å²) in [6.45, 7) is 0.254. The minimum Gasteiger partial charge on any atom is -0.396 e. The molecule has 4 heteroatoms. The van der Waals surface area contributed by atoms with Crippen LogP contribution in [0.1, 0.15) is 43.2 Å². The number of hydrogen-bond acceptors (Lipinski definition) is 1. The van der Waals surface area contributed by atoms with Crippen molar-refractivity contribution in [3.63, 3.8) is 0 Å². The van der Waals surface area contributed by atoms with Gasteiger partial charge in [0, 0.05) is 21.7 Å². The molecule has 0 fully saturated rings. The predicted molar refractivity (Wildman–Crippen MR) is 109 cm³/mol. The Hall–Kier alpha value is -0.730. The Balaban J connectivity index is 1.76. The lowest BCUT2D eigenvalue weighted by Crippen LogP contribution is -2.05. The van der Waals surface area contributed by atoms with Crippen LogP contribution in [0.25, 0.3) is 0 Å². The minimum absolute atomic E-state index is 0.254. The summed E-state index contributed by atoms with van der Waals surface area (Å²) in [4.78, 5) is 0. The summed E-state index contributed by atoms with van der Waals surface area (Å²) < 4.78 is 0. The van der Waals surface area contributed by atoms with Gasteiger partial charge < -0.3 is 5.11 Å². The van der Waals surface area contributed by atoms with Crippen LogP contribution < -0.4 is 0 Å². The molecule has 0 spiro atoms. The van der Waals surface area contributed by atoms with Crippen molar-refractivity contribution in [2.75, 3.05) is 6.61 Å². The van der Waals surface area contributed by atoms with Gasteiger partial charge in [-0.25, -0.2) is 0 Å². The van der Waals surface area contributed by atoms with Gasteiger partial charge in [-0.05, 0) is 73.4 Å². The maximum Gasteiger partial charge on any atom is 0.0452 e. The molecule has 0 aliphatic heterocycles. The fourth-order valence-corrected chi connectivity index (χ4v) is 3.92. The van der Waals surface area contributed by atoms with Crippen molar-refractivity contribution >= 4 is 34.8 Å². The van der Waals surface area contributed by atoms with Crippen molar-refractivity contribution in [2.45, 2.75) is 44.9 Å². The van der Waals surface area contributed by atoms with Gasteiger partial charge in [-0.2, -0.15) is 0 Å². The Bertz CT molecular complexity index is 657. The Morgan fingerprint density at radius 2 is 1.52 bits per heavy atom. The molecule has 0 radical (unpaired) electrons. The third kappa shape index (κ3) is 7.58. The minimum atomic E-state index is 0.254. The van der Waals surface area contributed by atoms with Crippen LogP contribution >= 0.6 is 34.8 Å². The molecule has 1 unspecified atom stereocenters. The summed E-state index contributed by atoms with van der Waals surface area (Å²) in [6.07, 6.45) is 7.27. The number of aliphatic hydroxyl groups is 1. The maximum atomic E-state index is 9.33. The molecule has 2 aromatic carbocycles. The van der Waals surface area contributed by atoms with Gasteiger partial charge in [0.05, 0.1) is 0 Å². The topological polar surface area (TPSA) is 20.2 Å². The van der Waals surface area contributed by atoms with Crippen LogP contribution in [0.4, 0.5) is 0 Å². The molecule has 0 heterocycles. The summed E-state index contributed by atoms with van der Waals surface area (Å²) in [5, 5.41) is 11.5. The summed E-state index contributed by atoms with van der Waals surface area (Å²) in [6, 6.07) is 13.7. The van der Waals surface area contributed by atoms with E-state index in [9.17, 15) is 5.11 Å². The van der Waals surface area contributed by atoms with Crippen LogP contribution in [0.5, 0.6) is 0 Å². The summed E-state index contributed by atoms with van der Waals surface area (Å²) in [5.74, 6) is 0.551. The van der Waals surface area contributed by atoms with E-state index in [0.717, 1.165) is 60.6 Å². The van der Waals surface area contributed by atoms with Gasteiger partial charge in [0.2, 0.25) is 0 Å². The van der Waals surface area contributed by atoms with E-state index in [1.54, 1.807) is 6.07 Å². The van der Waals surface area contributed by atoms with Gasteiger partial charge in [-0.1, -0.05) is 65.8 Å². The zero-order chi connectivity index (χ0) is 18.1. The number of aliphatic hydroxyl groups excluding tert-OH is 1. The van der Waals surface area contributed by atoms with Crippen molar-refractivity contribution in [1.82, 2.24) is 0 Å². The van der Waals surface area contributed by atoms with Crippen molar-refractivity contribution in [2.24, 2.45) is 5.92 Å². The van der Waals surface area contributed by atoms with Crippen LogP contribution in [0.3, 0.4) is 0 Å². The van der Waals surface area contributed by atoms with Gasteiger partial charge in [-0.3, -0.25) is 0 Å². The molecule has 0 aliphatic rings. The molecule has 0 bridgehead atoms. The molecule has 0 saturated heterocycles. The molecule has 0 saturated carbocycles. The first-order valence-electron chi connectivity index (χ1n) is 8.87. The van der Waals surface area contributed by atoms with E-state index < -0.39 is 0 Å². The monoisotopic (exact) mass is 398 g/mol. The van der Waals surface area contributed by atoms with Crippen molar-refractivity contribution in [3.05, 3.63) is 68.7 Å². The first kappa shape index (κ1) is 20.6. The third-order valence-corrected chi connectivity index (χ3v) is 5.40. The van der Waals surface area contributed by atoms with Crippen LogP contribution in [0.15, 0.2) is 42.5 Å². The second-order valence-corrected chi connectivity index (χ2v) is 7.81. The van der Waals surface area contributed by atoms with Gasteiger partial charge in [0.1, 0.15) is 0 Å². The van der Waals surface area contributed by atoms with Crippen molar-refractivity contribution in [1.29, 1.82) is 0 Å². The molecule has 25 heavy (non-hydrogen) atoms. The second-order valence-electron chi connectivity index (χ2n) is 6.53. The highest BCUT2D eigenvalue weighted by Gasteiger charge is 2.10. The summed E-state index contributed by atoms with van der Waals surface area (Å²) >= 11 is 18.2. The molecule has 0 amide bonds. The molecular formula is C21H25Cl3O. The normalized spacial score (nSPS) is 12.3. The van der Waals surface area contributed by atoms with Crippen LogP contribution in [-0.4, -0.2) is 11.7 Å². The van der Waals surface area contributed by atoms with E-state index >= 15 is 0 Å². The fourth-order valence-electron chi connectivity index (χ4n) is 3.21. The van der Waals surface area contributed by atoms with Crippen LogP contribution in [0.2, 0.25) is 15.1 Å². The van der Waals surface area contributed by atoms with E-state index in [1.807, 2.05) is 30.3 Å². The quantitative estimate of drug-likeness (QED) is 0.456. The molecule has 0 aromatic heterocycles. The Morgan fingerprint density at radius 1 is 0.800 bits per heavy atom. The number of aryl methyl sites for hydroxylation is 2. The third-order valence-electron chi connectivity index (χ3n) is 4.58. The van der Waals surface area contributed by atoms with Crippen LogP contribution in [0, 0.1) is 5.92 Å². The van der Waals surface area contributed by atoms with Gasteiger partial charge >= 0.3 is 0 Å². The van der Waals surface area contributed by atoms with E-state index in [0.29, 0.717) is 10.9 Å². The smallest absolute Gasteiger partial charge is 0.0452 e. The largest absolute Gasteiger partial charge is 0.396 e. The number of benzene rings is 2. The number of halogens is 3. The molecule has 1 atom stereocenters. The highest BCUT2D eigenvalue weighted by molar-refractivity contribution is 6.35. The molecular weight excluding hydrogens is 375 g/mol. The lowest BCUT2D eigenvalue weighted by atomic mass is 9.91. The lowest BCUT2D eigenvalue weighted by Gasteiger charge is -2.16. The van der Waals surface area contributed by atoms with E-state index in [2.05, 4.69) is 6.07 Å². The van der Waals surface area contributed by atoms with Gasteiger partial charge in [0.15, 0.2) is 0 Å². The fraction of sp³-hybridized carbons (Fsp3) is 0.429. The van der Waals surface area contributed by atoms with E-state index in [1.165, 1.54) is 5.56 Å². The molecule has 0 aliphatic carbocycles. The first-order valence-corrected chi connectivity index (χ1v) is 10.0. The summed E-state index contributed by atoms with van der Waals surface area (Å²) in [5.41, 5.74) is 2.43. The number of hydrogen-bond donors (Lipinski definition) is 1. The average Bonchev–Trinajstić information content (AvgIpc) is 2.57. The predicted octanol–water partition coefficient (Wildman–Crippen LogP) is 6.99. The van der Waals surface area contributed by atoms with Crippen molar-refractivity contribution < 1.29 is 5.11 Å². The van der Waals surface area contributed by atoms with Crippen molar-refractivity contribution in [3.8, 4) is 0 Å². The molecule has 1 N–H and O–H groups in total. The molecule has 1 nitrogen and oxygen atoms in total.